The molecule has 164 valence electrons. The van der Waals surface area contributed by atoms with E-state index in [1.807, 2.05) is 0 Å². The van der Waals surface area contributed by atoms with E-state index in [0.717, 1.165) is 26.8 Å². The molecule has 30 heavy (non-hydrogen) atoms. The molecular formula is C18H19F3N2O5S2. The summed E-state index contributed by atoms with van der Waals surface area (Å²) in [5.41, 5.74) is 0. The first-order valence-corrected chi connectivity index (χ1v) is 11.8. The first-order chi connectivity index (χ1) is 14.2. The summed E-state index contributed by atoms with van der Waals surface area (Å²) >= 11 is 0. The normalized spacial score (nSPS) is 16.5. The molecule has 2 aromatic rings. The van der Waals surface area contributed by atoms with E-state index >= 15 is 0 Å². The topological polar surface area (TPSA) is 84.0 Å². The second-order valence-electron chi connectivity index (χ2n) is 6.37. The Morgan fingerprint density at radius 1 is 0.800 bits per heavy atom. The summed E-state index contributed by atoms with van der Waals surface area (Å²) in [4.78, 5) is -1.09. The van der Waals surface area contributed by atoms with Gasteiger partial charge in [-0.3, -0.25) is 0 Å². The van der Waals surface area contributed by atoms with Crippen molar-refractivity contribution in [3.8, 4) is 5.75 Å². The molecule has 0 unspecified atom stereocenters. The van der Waals surface area contributed by atoms with Gasteiger partial charge in [0.2, 0.25) is 20.0 Å². The molecule has 0 spiro atoms. The fraction of sp³-hybridized carbons (Fsp3) is 0.333. The van der Waals surface area contributed by atoms with Crippen LogP contribution in [-0.2, 0) is 20.0 Å². The van der Waals surface area contributed by atoms with Crippen LogP contribution in [0.25, 0.3) is 0 Å². The Labute approximate surface area is 172 Å². The first-order valence-electron chi connectivity index (χ1n) is 8.91. The number of rotatable bonds is 7. The van der Waals surface area contributed by atoms with E-state index in [-0.39, 0.29) is 37.7 Å². The molecule has 1 saturated heterocycles. The van der Waals surface area contributed by atoms with Gasteiger partial charge in [0.1, 0.15) is 30.7 Å². The fourth-order valence-corrected chi connectivity index (χ4v) is 5.98. The molecule has 12 heteroatoms. The first kappa shape index (κ1) is 22.5. The van der Waals surface area contributed by atoms with Crippen molar-refractivity contribution in [3.05, 3.63) is 54.1 Å². The Balaban J connectivity index is 1.73. The van der Waals surface area contributed by atoms with Gasteiger partial charge in [-0.2, -0.15) is 8.61 Å². The number of halogens is 3. The number of piperazine rings is 1. The molecule has 1 aliphatic rings. The highest BCUT2D eigenvalue weighted by Crippen LogP contribution is 2.26. The summed E-state index contributed by atoms with van der Waals surface area (Å²) in [5.74, 6) is -2.10. The number of nitrogens with zero attached hydrogens (tertiary/aromatic N) is 2. The van der Waals surface area contributed by atoms with Crippen molar-refractivity contribution in [2.75, 3.05) is 39.5 Å². The van der Waals surface area contributed by atoms with Gasteiger partial charge in [0, 0.05) is 26.2 Å². The minimum Gasteiger partial charge on any atom is -0.491 e. The van der Waals surface area contributed by atoms with Crippen molar-refractivity contribution in [2.24, 2.45) is 0 Å². The van der Waals surface area contributed by atoms with Crippen molar-refractivity contribution in [1.82, 2.24) is 8.61 Å². The van der Waals surface area contributed by atoms with Crippen molar-refractivity contribution < 1.29 is 34.7 Å². The molecule has 1 heterocycles. The minimum atomic E-state index is -4.46. The molecule has 0 atom stereocenters. The Morgan fingerprint density at radius 3 is 1.80 bits per heavy atom. The summed E-state index contributed by atoms with van der Waals surface area (Å²) in [6.07, 6.45) is 0. The van der Waals surface area contributed by atoms with E-state index in [1.165, 1.54) is 24.3 Å². The van der Waals surface area contributed by atoms with Gasteiger partial charge in [-0.25, -0.2) is 30.0 Å². The zero-order valence-electron chi connectivity index (χ0n) is 15.7. The van der Waals surface area contributed by atoms with E-state index < -0.39 is 43.3 Å². The highest BCUT2D eigenvalue weighted by Gasteiger charge is 2.36. The second-order valence-corrected chi connectivity index (χ2v) is 10.2. The quantitative estimate of drug-likeness (QED) is 0.627. The minimum absolute atomic E-state index is 0.0356. The smallest absolute Gasteiger partial charge is 0.249 e. The lowest BCUT2D eigenvalue weighted by atomic mass is 10.3. The summed E-state index contributed by atoms with van der Waals surface area (Å²) in [5, 5.41) is 0. The largest absolute Gasteiger partial charge is 0.491 e. The number of sulfonamides is 2. The molecule has 3 rings (SSSR count). The predicted octanol–water partition coefficient (Wildman–Crippen LogP) is 2.01. The van der Waals surface area contributed by atoms with Gasteiger partial charge in [0.15, 0.2) is 4.90 Å². The molecule has 0 N–H and O–H groups in total. The van der Waals surface area contributed by atoms with Gasteiger partial charge >= 0.3 is 0 Å². The van der Waals surface area contributed by atoms with Gasteiger partial charge in [0.25, 0.3) is 0 Å². The summed E-state index contributed by atoms with van der Waals surface area (Å²) in [7, 11) is -8.37. The van der Waals surface area contributed by atoms with Crippen molar-refractivity contribution in [2.45, 2.75) is 9.79 Å². The van der Waals surface area contributed by atoms with Crippen LogP contribution in [0.15, 0.2) is 52.3 Å². The zero-order chi connectivity index (χ0) is 21.9. The zero-order valence-corrected chi connectivity index (χ0v) is 17.3. The summed E-state index contributed by atoms with van der Waals surface area (Å²) in [6, 6.07) is 8.15. The number of benzene rings is 2. The van der Waals surface area contributed by atoms with Crippen molar-refractivity contribution in [1.29, 1.82) is 0 Å². The third-order valence-corrected chi connectivity index (χ3v) is 8.39. The lowest BCUT2D eigenvalue weighted by molar-refractivity contribution is 0.270. The van der Waals surface area contributed by atoms with E-state index in [2.05, 4.69) is 0 Å². The molecule has 0 aromatic heterocycles. The molecule has 1 fully saturated rings. The molecule has 0 amide bonds. The van der Waals surface area contributed by atoms with Gasteiger partial charge < -0.3 is 4.74 Å². The van der Waals surface area contributed by atoms with Crippen LogP contribution in [0.1, 0.15) is 0 Å². The lowest BCUT2D eigenvalue weighted by Crippen LogP contribution is -2.50. The summed E-state index contributed by atoms with van der Waals surface area (Å²) < 4.78 is 97.8. The Bertz CT molecular complexity index is 1080. The van der Waals surface area contributed by atoms with Crippen molar-refractivity contribution in [3.63, 3.8) is 0 Å². The highest BCUT2D eigenvalue weighted by molar-refractivity contribution is 7.89. The Kier molecular flexibility index (Phi) is 6.70. The Hall–Kier alpha value is -2.15. The SMILES string of the molecule is O=S(=O)(c1ccc(OCC[18F])cc1)N1CCN(S(=O)(=O)c2c(F)cccc2F)CC1. The molecule has 0 radical (unpaired) electrons. The summed E-state index contributed by atoms with van der Waals surface area (Å²) in [6.45, 7) is -1.70. The standard InChI is InChI=1S/C18H19F3N2O5S2/c19-8-13-28-14-4-6-15(7-5-14)29(24,25)22-9-11-23(12-10-22)30(26,27)18-16(20)2-1-3-17(18)21/h1-7H,8-13H2/i19-1. The van der Waals surface area contributed by atoms with Crippen LogP contribution in [0.4, 0.5) is 13.2 Å². The van der Waals surface area contributed by atoms with Gasteiger partial charge in [-0.1, -0.05) is 6.07 Å². The molecule has 0 aliphatic carbocycles. The number of hydrogen-bond donors (Lipinski definition) is 0. The van der Waals surface area contributed by atoms with Crippen LogP contribution in [0.2, 0.25) is 0 Å². The monoisotopic (exact) mass is 463 g/mol. The van der Waals surface area contributed by atoms with Crippen LogP contribution in [-0.4, -0.2) is 64.9 Å². The van der Waals surface area contributed by atoms with Gasteiger partial charge in [-0.15, -0.1) is 0 Å². The van der Waals surface area contributed by atoms with Crippen LogP contribution in [0.3, 0.4) is 0 Å². The lowest BCUT2D eigenvalue weighted by Gasteiger charge is -2.33. The molecule has 2 aromatic carbocycles. The van der Waals surface area contributed by atoms with Crippen LogP contribution >= 0.6 is 0 Å². The van der Waals surface area contributed by atoms with Crippen LogP contribution < -0.4 is 4.74 Å². The molecule has 7 nitrogen and oxygen atoms in total. The maximum Gasteiger partial charge on any atom is 0.249 e. The van der Waals surface area contributed by atoms with Crippen LogP contribution in [0.5, 0.6) is 5.75 Å². The third kappa shape index (κ3) is 4.46. The van der Waals surface area contributed by atoms with Gasteiger partial charge in [-0.05, 0) is 36.4 Å². The number of hydrogen-bond acceptors (Lipinski definition) is 5. The third-order valence-electron chi connectivity index (χ3n) is 4.52. The molecule has 0 saturated carbocycles. The fourth-order valence-electron chi connectivity index (χ4n) is 3.02. The van der Waals surface area contributed by atoms with E-state index in [0.29, 0.717) is 5.75 Å². The van der Waals surface area contributed by atoms with Crippen LogP contribution in [0, 0.1) is 11.6 Å². The second kappa shape index (κ2) is 8.92. The van der Waals surface area contributed by atoms with Crippen molar-refractivity contribution >= 4 is 20.0 Å². The van der Waals surface area contributed by atoms with E-state index in [1.54, 1.807) is 0 Å². The van der Waals surface area contributed by atoms with Gasteiger partial charge in [0.05, 0.1) is 4.90 Å². The average molecular weight is 463 g/mol. The highest BCUT2D eigenvalue weighted by atomic mass is 32.2. The molecule has 0 bridgehead atoms. The molecular weight excluding hydrogens is 444 g/mol. The molecule has 1 aliphatic heterocycles. The number of ether oxygens (including phenoxy) is 1. The Morgan fingerprint density at radius 2 is 1.30 bits per heavy atom. The maximum absolute atomic E-state index is 13.9. The predicted molar refractivity (Wildman–Crippen MR) is 102 cm³/mol. The number of alkyl halides is 1. The maximum atomic E-state index is 13.9. The van der Waals surface area contributed by atoms with E-state index in [4.69, 9.17) is 4.74 Å². The average Bonchev–Trinajstić information content (AvgIpc) is 2.72. The van der Waals surface area contributed by atoms with E-state index in [9.17, 15) is 30.0 Å².